The van der Waals surface area contributed by atoms with E-state index in [9.17, 15) is 9.90 Å². The van der Waals surface area contributed by atoms with Gasteiger partial charge in [-0.05, 0) is 40.4 Å². The molecule has 1 aliphatic rings. The summed E-state index contributed by atoms with van der Waals surface area (Å²) in [6.45, 7) is 12.4. The molecule has 146 valence electrons. The first-order valence-corrected chi connectivity index (χ1v) is 9.67. The van der Waals surface area contributed by atoms with Crippen LogP contribution in [-0.2, 0) is 22.0 Å². The molecule has 0 bridgehead atoms. The summed E-state index contributed by atoms with van der Waals surface area (Å²) in [5.41, 5.74) is 3.32. The molecule has 0 unspecified atom stereocenters. The summed E-state index contributed by atoms with van der Waals surface area (Å²) in [6.07, 6.45) is 2.63. The van der Waals surface area contributed by atoms with Gasteiger partial charge in [0, 0.05) is 17.7 Å². The Morgan fingerprint density at radius 1 is 1.11 bits per heavy atom. The molecule has 1 aliphatic carbocycles. The number of carbonyl (C=O) groups is 1. The fraction of sp³-hybridized carbons (Fsp3) is 0.545. The van der Waals surface area contributed by atoms with Gasteiger partial charge in [0.25, 0.3) is 0 Å². The summed E-state index contributed by atoms with van der Waals surface area (Å²) in [5, 5.41) is 20.9. The standard InChI is InChI=1S/C22H31N3O2/c1-21(2,3)15-9-13(10-16(20(15)27)22(4,5)6)11-19(26)23-18-12-17(24-25-18)14-7-8-14/h9-10,12,14,27H,7-8,11H2,1-6H3,(H2,23,24,25,26). The predicted molar refractivity (Wildman–Crippen MR) is 108 cm³/mol. The lowest BCUT2D eigenvalue weighted by Crippen LogP contribution is -2.20. The van der Waals surface area contributed by atoms with E-state index in [0.717, 1.165) is 22.4 Å². The van der Waals surface area contributed by atoms with Gasteiger partial charge in [-0.2, -0.15) is 5.10 Å². The van der Waals surface area contributed by atoms with Crippen LogP contribution >= 0.6 is 0 Å². The van der Waals surface area contributed by atoms with Crippen LogP contribution in [0.4, 0.5) is 5.82 Å². The number of aromatic hydroxyl groups is 1. The van der Waals surface area contributed by atoms with Crippen LogP contribution in [0.3, 0.4) is 0 Å². The lowest BCUT2D eigenvalue weighted by molar-refractivity contribution is -0.115. The van der Waals surface area contributed by atoms with E-state index in [0.29, 0.717) is 17.5 Å². The van der Waals surface area contributed by atoms with Crippen molar-refractivity contribution >= 4 is 11.7 Å². The zero-order valence-corrected chi connectivity index (χ0v) is 17.2. The quantitative estimate of drug-likeness (QED) is 0.726. The second kappa shape index (κ2) is 6.70. The molecule has 1 fully saturated rings. The molecule has 1 amide bonds. The van der Waals surface area contributed by atoms with E-state index in [4.69, 9.17) is 0 Å². The number of nitrogens with one attached hydrogen (secondary N) is 2. The van der Waals surface area contributed by atoms with Crippen LogP contribution in [-0.4, -0.2) is 21.2 Å². The number of rotatable bonds is 4. The number of hydrogen-bond donors (Lipinski definition) is 3. The summed E-state index contributed by atoms with van der Waals surface area (Å²) in [6, 6.07) is 5.82. The lowest BCUT2D eigenvalue weighted by atomic mass is 9.78. The summed E-state index contributed by atoms with van der Waals surface area (Å²) < 4.78 is 0. The maximum absolute atomic E-state index is 12.6. The molecule has 0 atom stereocenters. The highest BCUT2D eigenvalue weighted by Gasteiger charge is 2.27. The second-order valence-corrected chi connectivity index (χ2v) is 9.75. The fourth-order valence-electron chi connectivity index (χ4n) is 3.32. The van der Waals surface area contributed by atoms with Crippen LogP contribution in [0.2, 0.25) is 0 Å². The van der Waals surface area contributed by atoms with E-state index in [-0.39, 0.29) is 23.2 Å². The predicted octanol–water partition coefficient (Wildman–Crippen LogP) is 4.77. The molecule has 0 aliphatic heterocycles. The van der Waals surface area contributed by atoms with Gasteiger partial charge in [0.05, 0.1) is 6.42 Å². The van der Waals surface area contributed by atoms with E-state index < -0.39 is 0 Å². The second-order valence-electron chi connectivity index (χ2n) is 9.75. The van der Waals surface area contributed by atoms with Crippen LogP contribution < -0.4 is 5.32 Å². The summed E-state index contributed by atoms with van der Waals surface area (Å²) in [7, 11) is 0. The van der Waals surface area contributed by atoms with E-state index in [1.54, 1.807) is 0 Å². The molecular formula is C22H31N3O2. The molecule has 0 saturated heterocycles. The van der Waals surface area contributed by atoms with Gasteiger partial charge in [-0.25, -0.2) is 0 Å². The Balaban J connectivity index is 1.83. The van der Waals surface area contributed by atoms with Gasteiger partial charge in [-0.1, -0.05) is 53.7 Å². The van der Waals surface area contributed by atoms with Crippen molar-refractivity contribution in [1.29, 1.82) is 0 Å². The average Bonchev–Trinajstić information content (AvgIpc) is 3.27. The Hall–Kier alpha value is -2.30. The zero-order chi connectivity index (χ0) is 20.0. The van der Waals surface area contributed by atoms with Crippen molar-refractivity contribution in [2.75, 3.05) is 5.32 Å². The van der Waals surface area contributed by atoms with Crippen molar-refractivity contribution < 1.29 is 9.90 Å². The Morgan fingerprint density at radius 2 is 1.67 bits per heavy atom. The van der Waals surface area contributed by atoms with E-state index in [2.05, 4.69) is 57.1 Å². The van der Waals surface area contributed by atoms with Crippen LogP contribution in [0.25, 0.3) is 0 Å². The highest BCUT2D eigenvalue weighted by Crippen LogP contribution is 2.40. The van der Waals surface area contributed by atoms with Gasteiger partial charge in [-0.15, -0.1) is 0 Å². The van der Waals surface area contributed by atoms with Crippen molar-refractivity contribution in [2.45, 2.75) is 77.6 Å². The van der Waals surface area contributed by atoms with Gasteiger partial charge < -0.3 is 10.4 Å². The first-order valence-electron chi connectivity index (χ1n) is 9.67. The van der Waals surface area contributed by atoms with Crippen molar-refractivity contribution in [3.05, 3.63) is 40.6 Å². The van der Waals surface area contributed by atoms with E-state index >= 15 is 0 Å². The first kappa shape index (κ1) is 19.5. The van der Waals surface area contributed by atoms with Gasteiger partial charge in [0.15, 0.2) is 5.82 Å². The number of H-pyrrole nitrogens is 1. The van der Waals surface area contributed by atoms with Crippen molar-refractivity contribution in [3.63, 3.8) is 0 Å². The number of phenols is 1. The number of anilines is 1. The Labute approximate surface area is 161 Å². The number of phenolic OH excluding ortho intramolecular Hbond substituents is 1. The maximum atomic E-state index is 12.6. The molecule has 0 radical (unpaired) electrons. The normalized spacial score (nSPS) is 15.0. The van der Waals surface area contributed by atoms with Crippen molar-refractivity contribution in [2.24, 2.45) is 0 Å². The number of carbonyl (C=O) groups excluding carboxylic acids is 1. The molecule has 5 nitrogen and oxygen atoms in total. The van der Waals surface area contributed by atoms with Crippen LogP contribution in [0.5, 0.6) is 5.75 Å². The van der Waals surface area contributed by atoms with Gasteiger partial charge in [0.2, 0.25) is 5.91 Å². The third-order valence-electron chi connectivity index (χ3n) is 5.03. The number of nitrogens with zero attached hydrogens (tertiary/aromatic N) is 1. The topological polar surface area (TPSA) is 78.0 Å². The van der Waals surface area contributed by atoms with Crippen LogP contribution in [0.1, 0.15) is 82.7 Å². The van der Waals surface area contributed by atoms with Crippen molar-refractivity contribution in [3.8, 4) is 5.75 Å². The van der Waals surface area contributed by atoms with Crippen molar-refractivity contribution in [1.82, 2.24) is 10.2 Å². The minimum absolute atomic E-state index is 0.103. The molecule has 0 spiro atoms. The maximum Gasteiger partial charge on any atom is 0.229 e. The third kappa shape index (κ3) is 4.52. The van der Waals surface area contributed by atoms with E-state index in [1.165, 1.54) is 12.8 Å². The molecule has 1 saturated carbocycles. The molecule has 2 aromatic rings. The monoisotopic (exact) mass is 369 g/mol. The number of benzene rings is 1. The summed E-state index contributed by atoms with van der Waals surface area (Å²) in [4.78, 5) is 12.6. The minimum Gasteiger partial charge on any atom is -0.507 e. The fourth-order valence-corrected chi connectivity index (χ4v) is 3.32. The lowest BCUT2D eigenvalue weighted by Gasteiger charge is -2.28. The molecule has 3 N–H and O–H groups in total. The SMILES string of the molecule is CC(C)(C)c1cc(CC(=O)Nc2cc(C3CC3)[nH]n2)cc(C(C)(C)C)c1O. The summed E-state index contributed by atoms with van der Waals surface area (Å²) >= 11 is 0. The highest BCUT2D eigenvalue weighted by molar-refractivity contribution is 5.91. The number of aromatic nitrogens is 2. The molecule has 1 heterocycles. The van der Waals surface area contributed by atoms with Crippen LogP contribution in [0.15, 0.2) is 18.2 Å². The Kier molecular flexibility index (Phi) is 4.83. The molecule has 27 heavy (non-hydrogen) atoms. The number of aromatic amines is 1. The van der Waals surface area contributed by atoms with Crippen LogP contribution in [0, 0.1) is 0 Å². The largest absolute Gasteiger partial charge is 0.507 e. The highest BCUT2D eigenvalue weighted by atomic mass is 16.3. The Morgan fingerprint density at radius 3 is 2.15 bits per heavy atom. The number of amides is 1. The smallest absolute Gasteiger partial charge is 0.229 e. The number of hydrogen-bond acceptors (Lipinski definition) is 3. The minimum atomic E-state index is -0.210. The van der Waals surface area contributed by atoms with Gasteiger partial charge in [0.1, 0.15) is 5.75 Å². The molecule has 1 aromatic carbocycles. The van der Waals surface area contributed by atoms with Gasteiger partial charge in [-0.3, -0.25) is 9.89 Å². The zero-order valence-electron chi connectivity index (χ0n) is 17.2. The van der Waals surface area contributed by atoms with E-state index in [1.807, 2.05) is 18.2 Å². The average molecular weight is 370 g/mol. The third-order valence-corrected chi connectivity index (χ3v) is 5.03. The molecule has 5 heteroatoms. The molecule has 3 rings (SSSR count). The first-order chi connectivity index (χ1) is 12.4. The Bertz CT molecular complexity index is 814. The summed E-state index contributed by atoms with van der Waals surface area (Å²) in [5.74, 6) is 1.38. The van der Waals surface area contributed by atoms with Gasteiger partial charge >= 0.3 is 0 Å². The molecule has 1 aromatic heterocycles. The molecular weight excluding hydrogens is 338 g/mol.